The highest BCUT2D eigenvalue weighted by Gasteiger charge is 2.09. The van der Waals surface area contributed by atoms with Crippen molar-refractivity contribution in [1.29, 1.82) is 0 Å². The number of para-hydroxylation sites is 1. The lowest BCUT2D eigenvalue weighted by molar-refractivity contribution is 1.12. The van der Waals surface area contributed by atoms with Gasteiger partial charge in [0.15, 0.2) is 0 Å². The van der Waals surface area contributed by atoms with E-state index >= 15 is 0 Å². The monoisotopic (exact) mass is 311 g/mol. The molecule has 1 nitrogen and oxygen atoms in total. The number of hydrogen-bond donors (Lipinski definition) is 0. The second-order valence-electron chi connectivity index (χ2n) is 4.54. The maximum atomic E-state index is 4.55. The first-order chi connectivity index (χ1) is 9.29. The van der Waals surface area contributed by atoms with Gasteiger partial charge in [-0.1, -0.05) is 53.2 Å². The van der Waals surface area contributed by atoms with Crippen molar-refractivity contribution in [2.24, 2.45) is 0 Å². The van der Waals surface area contributed by atoms with E-state index < -0.39 is 0 Å². The topological polar surface area (TPSA) is 12.9 Å². The lowest BCUT2D eigenvalue weighted by Gasteiger charge is -2.12. The molecular formula is C17H14BrN. The van der Waals surface area contributed by atoms with Gasteiger partial charge in [0.25, 0.3) is 0 Å². The maximum absolute atomic E-state index is 4.55. The van der Waals surface area contributed by atoms with Crippen molar-refractivity contribution in [3.05, 3.63) is 64.8 Å². The summed E-state index contributed by atoms with van der Waals surface area (Å²) in [4.78, 5) is 4.55. The molecular weight excluding hydrogens is 298 g/mol. The summed E-state index contributed by atoms with van der Waals surface area (Å²) in [7, 11) is 0. The first-order valence-corrected chi connectivity index (χ1v) is 7.21. The number of nitrogens with zero attached hydrogens (tertiary/aromatic N) is 1. The second-order valence-corrected chi connectivity index (χ2v) is 5.46. The molecule has 0 N–H and O–H groups in total. The Hall–Kier alpha value is -1.67. The summed E-state index contributed by atoms with van der Waals surface area (Å²) in [5.41, 5.74) is 4.88. The van der Waals surface area contributed by atoms with Crippen LogP contribution in [0, 0.1) is 0 Å². The minimum absolute atomic E-state index is 0.986. The Bertz CT molecular complexity index is 734. The van der Waals surface area contributed by atoms with Crippen molar-refractivity contribution in [2.45, 2.75) is 13.3 Å². The van der Waals surface area contributed by atoms with Crippen molar-refractivity contribution in [3.8, 4) is 11.1 Å². The zero-order valence-electron chi connectivity index (χ0n) is 10.7. The van der Waals surface area contributed by atoms with Crippen LogP contribution < -0.4 is 0 Å². The van der Waals surface area contributed by atoms with Crippen molar-refractivity contribution in [1.82, 2.24) is 4.98 Å². The predicted octanol–water partition coefficient (Wildman–Crippen LogP) is 5.23. The third-order valence-electron chi connectivity index (χ3n) is 3.35. The smallest absolute Gasteiger partial charge is 0.0708 e. The van der Waals surface area contributed by atoms with Crippen LogP contribution in [0.25, 0.3) is 22.0 Å². The van der Waals surface area contributed by atoms with E-state index in [1.165, 1.54) is 22.1 Å². The quantitative estimate of drug-likeness (QED) is 0.631. The fourth-order valence-corrected chi connectivity index (χ4v) is 2.83. The number of hydrogen-bond acceptors (Lipinski definition) is 1. The minimum Gasteiger partial charge on any atom is -0.256 e. The molecule has 0 saturated carbocycles. The van der Waals surface area contributed by atoms with Crippen LogP contribution in [0.3, 0.4) is 0 Å². The number of pyridine rings is 1. The van der Waals surface area contributed by atoms with Gasteiger partial charge in [-0.2, -0.15) is 0 Å². The molecule has 19 heavy (non-hydrogen) atoms. The summed E-state index contributed by atoms with van der Waals surface area (Å²) < 4.78 is 1.10. The Morgan fingerprint density at radius 2 is 1.89 bits per heavy atom. The summed E-state index contributed by atoms with van der Waals surface area (Å²) >= 11 is 3.55. The molecule has 0 fully saturated rings. The Balaban J connectivity index is 2.37. The highest BCUT2D eigenvalue weighted by atomic mass is 79.9. The molecule has 2 heteroatoms. The molecule has 0 unspecified atom stereocenters. The van der Waals surface area contributed by atoms with Gasteiger partial charge in [-0.25, -0.2) is 0 Å². The first-order valence-electron chi connectivity index (χ1n) is 6.42. The van der Waals surface area contributed by atoms with Gasteiger partial charge in [0.05, 0.1) is 5.52 Å². The molecule has 0 aliphatic rings. The zero-order chi connectivity index (χ0) is 13.2. The minimum atomic E-state index is 0.986. The summed E-state index contributed by atoms with van der Waals surface area (Å²) in [5.74, 6) is 0. The van der Waals surface area contributed by atoms with Crippen LogP contribution in [-0.2, 0) is 6.42 Å². The molecule has 0 atom stereocenters. The molecule has 0 radical (unpaired) electrons. The summed E-state index contributed by atoms with van der Waals surface area (Å²) in [6.07, 6.45) is 2.98. The van der Waals surface area contributed by atoms with Gasteiger partial charge in [0.2, 0.25) is 0 Å². The average molecular weight is 312 g/mol. The zero-order valence-corrected chi connectivity index (χ0v) is 12.3. The highest BCUT2D eigenvalue weighted by molar-refractivity contribution is 9.10. The fraction of sp³-hybridized carbons (Fsp3) is 0.118. The Morgan fingerprint density at radius 1 is 1.05 bits per heavy atom. The van der Waals surface area contributed by atoms with Crippen LogP contribution in [0.2, 0.25) is 0 Å². The lowest BCUT2D eigenvalue weighted by Crippen LogP contribution is -1.92. The largest absolute Gasteiger partial charge is 0.256 e. The molecule has 2 aromatic carbocycles. The SMILES string of the molecule is CCc1cnc2ccccc2c1-c1cccc(Br)c1. The average Bonchev–Trinajstić information content (AvgIpc) is 2.46. The van der Waals surface area contributed by atoms with Crippen LogP contribution >= 0.6 is 15.9 Å². The first kappa shape index (κ1) is 12.4. The van der Waals surface area contributed by atoms with E-state index in [0.29, 0.717) is 0 Å². The van der Waals surface area contributed by atoms with E-state index in [2.05, 4.69) is 70.3 Å². The van der Waals surface area contributed by atoms with Gasteiger partial charge < -0.3 is 0 Å². The fourth-order valence-electron chi connectivity index (χ4n) is 2.44. The number of rotatable bonds is 2. The number of aromatic nitrogens is 1. The standard InChI is InChI=1S/C17H14BrN/c1-2-12-11-19-16-9-4-3-8-15(16)17(12)13-6-5-7-14(18)10-13/h3-11H,2H2,1H3. The predicted molar refractivity (Wildman–Crippen MR) is 84.3 cm³/mol. The van der Waals surface area contributed by atoms with Crippen LogP contribution in [0.5, 0.6) is 0 Å². The van der Waals surface area contributed by atoms with E-state index in [9.17, 15) is 0 Å². The van der Waals surface area contributed by atoms with Gasteiger partial charge in [0, 0.05) is 16.1 Å². The van der Waals surface area contributed by atoms with Crippen molar-refractivity contribution < 1.29 is 0 Å². The molecule has 0 bridgehead atoms. The van der Waals surface area contributed by atoms with Gasteiger partial charge in [-0.05, 0) is 41.3 Å². The molecule has 0 spiro atoms. The van der Waals surface area contributed by atoms with Crippen LogP contribution in [0.1, 0.15) is 12.5 Å². The van der Waals surface area contributed by atoms with Crippen molar-refractivity contribution in [2.75, 3.05) is 0 Å². The van der Waals surface area contributed by atoms with Crippen LogP contribution in [0.15, 0.2) is 59.2 Å². The van der Waals surface area contributed by atoms with Crippen molar-refractivity contribution in [3.63, 3.8) is 0 Å². The summed E-state index contributed by atoms with van der Waals surface area (Å²) in [6, 6.07) is 16.8. The molecule has 0 saturated heterocycles. The molecule has 3 aromatic rings. The van der Waals surface area contributed by atoms with E-state index in [-0.39, 0.29) is 0 Å². The maximum Gasteiger partial charge on any atom is 0.0708 e. The van der Waals surface area contributed by atoms with E-state index in [1.807, 2.05) is 12.3 Å². The van der Waals surface area contributed by atoms with E-state index in [4.69, 9.17) is 0 Å². The van der Waals surface area contributed by atoms with Gasteiger partial charge in [0.1, 0.15) is 0 Å². The van der Waals surface area contributed by atoms with Gasteiger partial charge in [-0.15, -0.1) is 0 Å². The molecule has 1 aromatic heterocycles. The van der Waals surface area contributed by atoms with E-state index in [0.717, 1.165) is 16.4 Å². The summed E-state index contributed by atoms with van der Waals surface area (Å²) in [5, 5.41) is 1.22. The lowest BCUT2D eigenvalue weighted by atomic mass is 9.95. The summed E-state index contributed by atoms with van der Waals surface area (Å²) in [6.45, 7) is 2.17. The van der Waals surface area contributed by atoms with Crippen LogP contribution in [-0.4, -0.2) is 4.98 Å². The van der Waals surface area contributed by atoms with Gasteiger partial charge in [-0.3, -0.25) is 4.98 Å². The van der Waals surface area contributed by atoms with E-state index in [1.54, 1.807) is 0 Å². The van der Waals surface area contributed by atoms with Crippen LogP contribution in [0.4, 0.5) is 0 Å². The second kappa shape index (κ2) is 5.14. The number of benzene rings is 2. The number of fused-ring (bicyclic) bond motifs is 1. The Labute approximate surface area is 121 Å². The number of halogens is 1. The van der Waals surface area contributed by atoms with Crippen molar-refractivity contribution >= 4 is 26.8 Å². The molecule has 94 valence electrons. The molecule has 1 heterocycles. The Morgan fingerprint density at radius 3 is 2.68 bits per heavy atom. The normalized spacial score (nSPS) is 10.8. The highest BCUT2D eigenvalue weighted by Crippen LogP contribution is 2.32. The molecule has 0 amide bonds. The molecule has 3 rings (SSSR count). The Kier molecular flexibility index (Phi) is 3.34. The molecule has 0 aliphatic carbocycles. The van der Waals surface area contributed by atoms with Gasteiger partial charge >= 0.3 is 0 Å². The number of aryl methyl sites for hydroxylation is 1. The third-order valence-corrected chi connectivity index (χ3v) is 3.84. The molecule has 0 aliphatic heterocycles. The third kappa shape index (κ3) is 2.28.